The molecule has 0 saturated carbocycles. The van der Waals surface area contributed by atoms with Gasteiger partial charge in [0.2, 0.25) is 5.91 Å². The number of hydrogen-bond donors (Lipinski definition) is 2. The van der Waals surface area contributed by atoms with Crippen LogP contribution in [0.5, 0.6) is 0 Å². The maximum atomic E-state index is 11.9. The normalized spacial score (nSPS) is 11.3. The lowest BCUT2D eigenvalue weighted by Gasteiger charge is -2.07. The van der Waals surface area contributed by atoms with E-state index >= 15 is 0 Å². The van der Waals surface area contributed by atoms with Gasteiger partial charge in [-0.2, -0.15) is 0 Å². The van der Waals surface area contributed by atoms with Gasteiger partial charge in [-0.05, 0) is 30.5 Å². The van der Waals surface area contributed by atoms with Crippen molar-refractivity contribution in [1.82, 2.24) is 10.0 Å². The molecule has 2 aromatic rings. The highest BCUT2D eigenvalue weighted by Gasteiger charge is 2.17. The van der Waals surface area contributed by atoms with Crippen LogP contribution in [0.25, 0.3) is 0 Å². The van der Waals surface area contributed by atoms with E-state index in [2.05, 4.69) is 10.0 Å². The number of carbonyl (C=O) groups is 1. The molecule has 1 aromatic carbocycles. The highest BCUT2D eigenvalue weighted by atomic mass is 35.5. The molecule has 8 heteroatoms. The molecule has 0 saturated heterocycles. The maximum absolute atomic E-state index is 11.9. The Balaban J connectivity index is 1.69. The summed E-state index contributed by atoms with van der Waals surface area (Å²) < 4.78 is 26.6. The van der Waals surface area contributed by atoms with Crippen LogP contribution in [-0.4, -0.2) is 27.4 Å². The van der Waals surface area contributed by atoms with Crippen molar-refractivity contribution in [2.45, 2.75) is 17.1 Å². The molecule has 2 N–H and O–H groups in total. The summed E-state index contributed by atoms with van der Waals surface area (Å²) in [5, 5.41) is 2.69. The third-order valence-corrected chi connectivity index (χ3v) is 6.17. The van der Waals surface area contributed by atoms with Gasteiger partial charge in [-0.25, -0.2) is 13.1 Å². The lowest BCUT2D eigenvalue weighted by atomic mass is 10.1. The Kier molecular flexibility index (Phi) is 6.59. The summed E-state index contributed by atoms with van der Waals surface area (Å²) in [6.07, 6.45) is 1.66. The van der Waals surface area contributed by atoms with Crippen LogP contribution < -0.4 is 10.0 Å². The van der Waals surface area contributed by atoms with Crippen molar-refractivity contribution in [3.63, 3.8) is 0 Å². The van der Waals surface area contributed by atoms with Gasteiger partial charge in [-0.3, -0.25) is 4.79 Å². The first-order valence-corrected chi connectivity index (χ1v) is 9.71. The molecule has 0 fully saturated rings. The fourth-order valence-electron chi connectivity index (χ4n) is 1.90. The molecular formula is C15H17ClN2O3S2. The second-order valence-corrected chi connectivity index (χ2v) is 8.53. The van der Waals surface area contributed by atoms with E-state index in [0.29, 0.717) is 10.9 Å². The van der Waals surface area contributed by atoms with Crippen LogP contribution in [0.15, 0.2) is 46.7 Å². The molecule has 0 atom stereocenters. The zero-order valence-electron chi connectivity index (χ0n) is 12.3. The average molecular weight is 373 g/mol. The molecule has 0 aliphatic carbocycles. The summed E-state index contributed by atoms with van der Waals surface area (Å²) in [6, 6.07) is 12.9. The number of carbonyl (C=O) groups excluding carboxylic acids is 1. The largest absolute Gasteiger partial charge is 0.355 e. The number of aryl methyl sites for hydroxylation is 1. The van der Waals surface area contributed by atoms with Crippen LogP contribution in [0.2, 0.25) is 4.34 Å². The number of thiophene rings is 1. The molecule has 0 aliphatic rings. The molecule has 124 valence electrons. The summed E-state index contributed by atoms with van der Waals surface area (Å²) in [7, 11) is -3.68. The predicted octanol–water partition coefficient (Wildman–Crippen LogP) is 2.43. The van der Waals surface area contributed by atoms with Gasteiger partial charge in [0, 0.05) is 6.54 Å². The lowest BCUT2D eigenvalue weighted by Crippen LogP contribution is -2.37. The van der Waals surface area contributed by atoms with Crippen LogP contribution in [0.4, 0.5) is 0 Å². The molecule has 2 rings (SSSR count). The van der Waals surface area contributed by atoms with Crippen LogP contribution in [0.3, 0.4) is 0 Å². The van der Waals surface area contributed by atoms with Crippen molar-refractivity contribution in [2.75, 3.05) is 13.1 Å². The van der Waals surface area contributed by atoms with E-state index in [4.69, 9.17) is 11.6 Å². The highest BCUT2D eigenvalue weighted by Crippen LogP contribution is 2.25. The molecule has 23 heavy (non-hydrogen) atoms. The van der Waals surface area contributed by atoms with E-state index in [9.17, 15) is 13.2 Å². The van der Waals surface area contributed by atoms with Crippen LogP contribution in [0, 0.1) is 0 Å². The highest BCUT2D eigenvalue weighted by molar-refractivity contribution is 7.91. The van der Waals surface area contributed by atoms with Gasteiger partial charge in [0.25, 0.3) is 10.0 Å². The van der Waals surface area contributed by atoms with Crippen LogP contribution >= 0.6 is 22.9 Å². The summed E-state index contributed by atoms with van der Waals surface area (Å²) in [4.78, 5) is 11.7. The lowest BCUT2D eigenvalue weighted by molar-refractivity contribution is -0.119. The Morgan fingerprint density at radius 1 is 1.13 bits per heavy atom. The second-order valence-electron chi connectivity index (χ2n) is 4.82. The number of halogens is 1. The Bertz CT molecular complexity index is 745. The SMILES string of the molecule is O=C(CNS(=O)(=O)c1ccc(Cl)s1)NCCCc1ccccc1. The van der Waals surface area contributed by atoms with Gasteiger partial charge in [0.05, 0.1) is 10.9 Å². The zero-order chi connectivity index (χ0) is 16.7. The number of amides is 1. The first-order chi connectivity index (χ1) is 11.0. The number of benzene rings is 1. The minimum atomic E-state index is -3.68. The molecule has 0 radical (unpaired) electrons. The standard InChI is InChI=1S/C15H17ClN2O3S2/c16-13-8-9-15(22-13)23(20,21)18-11-14(19)17-10-4-7-12-5-2-1-3-6-12/h1-3,5-6,8-9,18H,4,7,10-11H2,(H,17,19). The smallest absolute Gasteiger partial charge is 0.250 e. The molecule has 0 spiro atoms. The summed E-state index contributed by atoms with van der Waals surface area (Å²) in [6.45, 7) is 0.212. The first-order valence-electron chi connectivity index (χ1n) is 7.03. The van der Waals surface area contributed by atoms with Crippen LogP contribution in [-0.2, 0) is 21.2 Å². The maximum Gasteiger partial charge on any atom is 0.250 e. The molecule has 1 aromatic heterocycles. The van der Waals surface area contributed by atoms with Gasteiger partial charge in [-0.1, -0.05) is 41.9 Å². The number of nitrogens with one attached hydrogen (secondary N) is 2. The second kappa shape index (κ2) is 8.44. The van der Waals surface area contributed by atoms with Crippen molar-refractivity contribution >= 4 is 38.9 Å². The van der Waals surface area contributed by atoms with E-state index in [0.717, 1.165) is 24.2 Å². The molecule has 0 bridgehead atoms. The Morgan fingerprint density at radius 3 is 2.52 bits per heavy atom. The Hall–Kier alpha value is -1.41. The summed E-state index contributed by atoms with van der Waals surface area (Å²) in [5.74, 6) is -0.357. The third kappa shape index (κ3) is 5.95. The van der Waals surface area contributed by atoms with E-state index < -0.39 is 10.0 Å². The molecule has 1 amide bonds. The van der Waals surface area contributed by atoms with Crippen molar-refractivity contribution in [1.29, 1.82) is 0 Å². The number of rotatable bonds is 8. The van der Waals surface area contributed by atoms with Crippen molar-refractivity contribution < 1.29 is 13.2 Å². The number of sulfonamides is 1. The van der Waals surface area contributed by atoms with Crippen molar-refractivity contribution in [3.8, 4) is 0 Å². The summed E-state index contributed by atoms with van der Waals surface area (Å²) >= 11 is 6.66. The fourth-order valence-corrected chi connectivity index (χ4v) is 4.41. The van der Waals surface area contributed by atoms with Crippen LogP contribution in [0.1, 0.15) is 12.0 Å². The predicted molar refractivity (Wildman–Crippen MR) is 92.3 cm³/mol. The number of hydrogen-bond acceptors (Lipinski definition) is 4. The van der Waals surface area contributed by atoms with E-state index in [1.807, 2.05) is 30.3 Å². The Morgan fingerprint density at radius 2 is 1.87 bits per heavy atom. The molecule has 0 unspecified atom stereocenters. The molecular weight excluding hydrogens is 356 g/mol. The van der Waals surface area contributed by atoms with Crippen molar-refractivity contribution in [2.24, 2.45) is 0 Å². The minimum Gasteiger partial charge on any atom is -0.355 e. The first kappa shape index (κ1) is 17.9. The van der Waals surface area contributed by atoms with Gasteiger partial charge in [-0.15, -0.1) is 11.3 Å². The Labute approximate surface area is 144 Å². The van der Waals surface area contributed by atoms with Gasteiger partial charge < -0.3 is 5.32 Å². The van der Waals surface area contributed by atoms with E-state index in [1.165, 1.54) is 17.7 Å². The van der Waals surface area contributed by atoms with Gasteiger partial charge in [0.15, 0.2) is 0 Å². The van der Waals surface area contributed by atoms with E-state index in [-0.39, 0.29) is 16.7 Å². The average Bonchev–Trinajstić information content (AvgIpc) is 2.98. The molecule has 5 nitrogen and oxygen atoms in total. The van der Waals surface area contributed by atoms with Crippen molar-refractivity contribution in [3.05, 3.63) is 52.4 Å². The topological polar surface area (TPSA) is 75.3 Å². The van der Waals surface area contributed by atoms with Gasteiger partial charge in [0.1, 0.15) is 4.21 Å². The quantitative estimate of drug-likeness (QED) is 0.699. The zero-order valence-corrected chi connectivity index (χ0v) is 14.7. The van der Waals surface area contributed by atoms with Gasteiger partial charge >= 0.3 is 0 Å². The monoisotopic (exact) mass is 372 g/mol. The molecule has 0 aliphatic heterocycles. The third-order valence-electron chi connectivity index (χ3n) is 3.04. The fraction of sp³-hybridized carbons (Fsp3) is 0.267. The summed E-state index contributed by atoms with van der Waals surface area (Å²) in [5.41, 5.74) is 1.21. The molecule has 1 heterocycles. The minimum absolute atomic E-state index is 0.0966. The van der Waals surface area contributed by atoms with E-state index in [1.54, 1.807) is 0 Å².